The number of oxazole rings is 1. The largest absolute Gasteiger partial charge is 0.444 e. The van der Waals surface area contributed by atoms with Gasteiger partial charge < -0.3 is 19.3 Å². The average molecular weight is 575 g/mol. The Bertz CT molecular complexity index is 1400. The maximum Gasteiger partial charge on any atom is 0.410 e. The van der Waals surface area contributed by atoms with E-state index >= 15 is 8.78 Å². The number of amides is 2. The van der Waals surface area contributed by atoms with Crippen molar-refractivity contribution >= 4 is 35.9 Å². The molecule has 0 saturated carbocycles. The molecule has 2 N–H and O–H groups in total. The SMILES string of the molecule is CC(C)(C)OC(=O)N1CCNCC1c1cc(F)c(C(=O)Nc2nc(C(C)(C=O)c3ccc(Cl)cc3)co2)c(F)c1. The molecule has 0 bridgehead atoms. The minimum Gasteiger partial charge on any atom is -0.444 e. The monoisotopic (exact) mass is 574 g/mol. The summed E-state index contributed by atoms with van der Waals surface area (Å²) in [7, 11) is 0. The minimum atomic E-state index is -1.23. The molecule has 1 aliphatic rings. The lowest BCUT2D eigenvalue weighted by Gasteiger charge is -2.37. The predicted octanol–water partition coefficient (Wildman–Crippen LogP) is 5.24. The highest BCUT2D eigenvalue weighted by atomic mass is 35.5. The number of aldehydes is 1. The molecule has 12 heteroatoms. The van der Waals surface area contributed by atoms with E-state index in [9.17, 15) is 14.4 Å². The molecule has 2 heterocycles. The number of rotatable bonds is 6. The second-order valence-electron chi connectivity index (χ2n) is 10.6. The van der Waals surface area contributed by atoms with Crippen molar-refractivity contribution in [2.24, 2.45) is 0 Å². The number of hydrogen-bond acceptors (Lipinski definition) is 7. The van der Waals surface area contributed by atoms with E-state index in [2.05, 4.69) is 15.6 Å². The van der Waals surface area contributed by atoms with E-state index in [1.807, 2.05) is 0 Å². The summed E-state index contributed by atoms with van der Waals surface area (Å²) in [5.41, 5.74) is -1.93. The lowest BCUT2D eigenvalue weighted by molar-refractivity contribution is -0.111. The zero-order chi connectivity index (χ0) is 29.2. The van der Waals surface area contributed by atoms with E-state index in [4.69, 9.17) is 20.8 Å². The van der Waals surface area contributed by atoms with E-state index in [0.29, 0.717) is 23.4 Å². The van der Waals surface area contributed by atoms with Crippen LogP contribution >= 0.6 is 11.6 Å². The van der Waals surface area contributed by atoms with Gasteiger partial charge in [0.1, 0.15) is 35.3 Å². The molecule has 0 radical (unpaired) electrons. The van der Waals surface area contributed by atoms with Crippen LogP contribution in [0.15, 0.2) is 47.1 Å². The molecule has 40 heavy (non-hydrogen) atoms. The van der Waals surface area contributed by atoms with Crippen LogP contribution in [-0.4, -0.2) is 53.4 Å². The van der Waals surface area contributed by atoms with Crippen molar-refractivity contribution in [2.75, 3.05) is 25.0 Å². The number of ether oxygens (including phenoxy) is 1. The molecular formula is C28H29ClF2N4O5. The molecular weight excluding hydrogens is 546 g/mol. The van der Waals surface area contributed by atoms with E-state index < -0.39 is 46.3 Å². The third kappa shape index (κ3) is 6.15. The van der Waals surface area contributed by atoms with Gasteiger partial charge in [-0.1, -0.05) is 23.7 Å². The van der Waals surface area contributed by atoms with Gasteiger partial charge >= 0.3 is 12.1 Å². The third-order valence-electron chi connectivity index (χ3n) is 6.48. The Balaban J connectivity index is 1.55. The number of hydrogen-bond donors (Lipinski definition) is 2. The van der Waals surface area contributed by atoms with Crippen LogP contribution in [0.25, 0.3) is 0 Å². The maximum absolute atomic E-state index is 15.2. The summed E-state index contributed by atoms with van der Waals surface area (Å²) < 4.78 is 41.1. The zero-order valence-corrected chi connectivity index (χ0v) is 23.1. The second kappa shape index (κ2) is 11.3. The topological polar surface area (TPSA) is 114 Å². The van der Waals surface area contributed by atoms with Gasteiger partial charge in [-0.25, -0.2) is 13.6 Å². The van der Waals surface area contributed by atoms with E-state index in [1.165, 1.54) is 11.2 Å². The van der Waals surface area contributed by atoms with E-state index in [-0.39, 0.29) is 30.4 Å². The molecule has 9 nitrogen and oxygen atoms in total. The summed E-state index contributed by atoms with van der Waals surface area (Å²) in [6, 6.07) is 7.50. The second-order valence-corrected chi connectivity index (χ2v) is 11.0. The molecule has 0 aliphatic carbocycles. The third-order valence-corrected chi connectivity index (χ3v) is 6.74. The van der Waals surface area contributed by atoms with Crippen LogP contribution in [0.4, 0.5) is 19.6 Å². The highest BCUT2D eigenvalue weighted by Gasteiger charge is 2.34. The Labute approximate surface area is 234 Å². The molecule has 3 aromatic rings. The van der Waals surface area contributed by atoms with Gasteiger partial charge in [0.15, 0.2) is 0 Å². The van der Waals surface area contributed by atoms with Crippen LogP contribution in [0.5, 0.6) is 0 Å². The molecule has 1 aromatic heterocycles. The number of carbonyl (C=O) groups is 3. The molecule has 0 spiro atoms. The Morgan fingerprint density at radius 3 is 2.42 bits per heavy atom. The Kier molecular flexibility index (Phi) is 8.27. The molecule has 1 fully saturated rings. The standard InChI is InChI=1S/C28H29ClF2N4O5/c1-27(2,3)40-26(38)35-10-9-32-13-21(35)16-11-19(30)23(20(31)12-16)24(37)34-25-33-22(14-39-25)28(4,15-36)17-5-7-18(29)8-6-17/h5-8,11-12,14-15,21,32H,9-10,13H2,1-4H3,(H,33,34,37). The number of nitrogens with zero attached hydrogens (tertiary/aromatic N) is 2. The van der Waals surface area contributed by atoms with Crippen LogP contribution in [0, 0.1) is 11.6 Å². The zero-order valence-electron chi connectivity index (χ0n) is 22.4. The molecule has 2 atom stereocenters. The van der Waals surface area contributed by atoms with Crippen LogP contribution < -0.4 is 10.6 Å². The smallest absolute Gasteiger partial charge is 0.410 e. The van der Waals surface area contributed by atoms with Crippen molar-refractivity contribution in [3.63, 3.8) is 0 Å². The molecule has 2 amide bonds. The summed E-state index contributed by atoms with van der Waals surface area (Å²) in [5.74, 6) is -3.40. The lowest BCUT2D eigenvalue weighted by Crippen LogP contribution is -2.50. The molecule has 4 rings (SSSR count). The fourth-order valence-corrected chi connectivity index (χ4v) is 4.47. The summed E-state index contributed by atoms with van der Waals surface area (Å²) in [6.45, 7) is 7.78. The van der Waals surface area contributed by atoms with Gasteiger partial charge in [0.2, 0.25) is 0 Å². The minimum absolute atomic E-state index is 0.160. The van der Waals surface area contributed by atoms with E-state index in [1.54, 1.807) is 52.0 Å². The number of aromatic nitrogens is 1. The Hall–Kier alpha value is -3.83. The van der Waals surface area contributed by atoms with Gasteiger partial charge in [-0.2, -0.15) is 4.98 Å². The Morgan fingerprint density at radius 2 is 1.82 bits per heavy atom. The number of benzene rings is 2. The summed E-state index contributed by atoms with van der Waals surface area (Å²) in [4.78, 5) is 43.1. The predicted molar refractivity (Wildman–Crippen MR) is 143 cm³/mol. The first-order chi connectivity index (χ1) is 18.8. The number of nitrogens with one attached hydrogen (secondary N) is 2. The summed E-state index contributed by atoms with van der Waals surface area (Å²) in [6.07, 6.45) is 1.23. The number of anilines is 1. The highest BCUT2D eigenvalue weighted by molar-refractivity contribution is 6.30. The van der Waals surface area contributed by atoms with Crippen LogP contribution in [0.2, 0.25) is 5.02 Å². The van der Waals surface area contributed by atoms with Crippen molar-refractivity contribution < 1.29 is 32.3 Å². The van der Waals surface area contributed by atoms with Gasteiger partial charge in [-0.3, -0.25) is 15.0 Å². The number of carbonyl (C=O) groups excluding carboxylic acids is 3. The first-order valence-corrected chi connectivity index (χ1v) is 12.9. The number of piperazine rings is 1. The lowest BCUT2D eigenvalue weighted by atomic mass is 9.81. The van der Waals surface area contributed by atoms with Crippen molar-refractivity contribution in [3.8, 4) is 0 Å². The summed E-state index contributed by atoms with van der Waals surface area (Å²) >= 11 is 5.94. The van der Waals surface area contributed by atoms with Gasteiger partial charge in [0.05, 0.1) is 17.2 Å². The Morgan fingerprint density at radius 1 is 1.18 bits per heavy atom. The fourth-order valence-electron chi connectivity index (χ4n) is 4.34. The molecule has 2 unspecified atom stereocenters. The van der Waals surface area contributed by atoms with Crippen molar-refractivity contribution in [1.29, 1.82) is 0 Å². The van der Waals surface area contributed by atoms with Crippen molar-refractivity contribution in [1.82, 2.24) is 15.2 Å². The normalized spacial score (nSPS) is 17.2. The fraction of sp³-hybridized carbons (Fsp3) is 0.357. The van der Waals surface area contributed by atoms with Crippen LogP contribution in [0.1, 0.15) is 60.9 Å². The molecule has 212 valence electrons. The summed E-state index contributed by atoms with van der Waals surface area (Å²) in [5, 5.41) is 5.82. The van der Waals surface area contributed by atoms with Crippen LogP contribution in [0.3, 0.4) is 0 Å². The van der Waals surface area contributed by atoms with Crippen LogP contribution in [-0.2, 0) is 14.9 Å². The highest BCUT2D eigenvalue weighted by Crippen LogP contribution is 2.32. The average Bonchev–Trinajstić information content (AvgIpc) is 3.36. The van der Waals surface area contributed by atoms with Gasteiger partial charge in [0, 0.05) is 24.7 Å². The van der Waals surface area contributed by atoms with Crippen molar-refractivity contribution in [3.05, 3.63) is 81.7 Å². The maximum atomic E-state index is 15.2. The first kappa shape index (κ1) is 29.2. The molecule has 2 aromatic carbocycles. The van der Waals surface area contributed by atoms with Gasteiger partial charge in [-0.15, -0.1) is 0 Å². The van der Waals surface area contributed by atoms with Gasteiger partial charge in [-0.05, 0) is 63.1 Å². The quantitative estimate of drug-likeness (QED) is 0.387. The van der Waals surface area contributed by atoms with E-state index in [0.717, 1.165) is 12.1 Å². The molecule has 1 saturated heterocycles. The van der Waals surface area contributed by atoms with Crippen molar-refractivity contribution in [2.45, 2.75) is 44.8 Å². The van der Waals surface area contributed by atoms with Gasteiger partial charge in [0.25, 0.3) is 5.91 Å². The first-order valence-electron chi connectivity index (χ1n) is 12.5. The molecule has 1 aliphatic heterocycles. The number of halogens is 3.